The molecule has 10 heavy (non-hydrogen) atoms. The molecule has 1 saturated carbocycles. The van der Waals surface area contributed by atoms with Crippen molar-refractivity contribution in [2.24, 2.45) is 0 Å². The van der Waals surface area contributed by atoms with Crippen LogP contribution in [-0.4, -0.2) is 24.3 Å². The molecule has 0 spiro atoms. The van der Waals surface area contributed by atoms with Gasteiger partial charge in [0, 0.05) is 0 Å². The van der Waals surface area contributed by atoms with Crippen LogP contribution in [0.15, 0.2) is 13.2 Å². The third-order valence-electron chi connectivity index (χ3n) is 1.67. The van der Waals surface area contributed by atoms with E-state index in [4.69, 9.17) is 0 Å². The van der Waals surface area contributed by atoms with E-state index in [0.29, 0.717) is 0 Å². The van der Waals surface area contributed by atoms with Crippen LogP contribution < -0.4 is 5.32 Å². The average Bonchev–Trinajstić information content (AvgIpc) is 2.70. The van der Waals surface area contributed by atoms with Crippen molar-refractivity contribution in [1.82, 2.24) is 5.32 Å². The number of aliphatic hydroxyl groups is 1. The van der Waals surface area contributed by atoms with Crippen molar-refractivity contribution in [1.29, 1.82) is 0 Å². The summed E-state index contributed by atoms with van der Waals surface area (Å²) in [4.78, 5) is 0. The van der Waals surface area contributed by atoms with Gasteiger partial charge in [0.2, 0.25) is 0 Å². The van der Waals surface area contributed by atoms with Crippen molar-refractivity contribution in [3.05, 3.63) is 13.2 Å². The van der Waals surface area contributed by atoms with Crippen LogP contribution in [0.2, 0.25) is 0 Å². The normalized spacial score (nSPS) is 19.0. The minimum absolute atomic E-state index is 0.261. The summed E-state index contributed by atoms with van der Waals surface area (Å²) in [6, 6.07) is 0. The van der Waals surface area contributed by atoms with E-state index in [0.717, 1.165) is 25.8 Å². The van der Waals surface area contributed by atoms with Crippen molar-refractivity contribution < 1.29 is 5.11 Å². The van der Waals surface area contributed by atoms with Crippen LogP contribution in [0, 0.1) is 0 Å². The van der Waals surface area contributed by atoms with Crippen LogP contribution in [0.4, 0.5) is 0 Å². The molecule has 0 aliphatic heterocycles. The lowest BCUT2D eigenvalue weighted by atomic mass is 10.2. The van der Waals surface area contributed by atoms with Crippen molar-refractivity contribution in [3.63, 3.8) is 0 Å². The van der Waals surface area contributed by atoms with Crippen LogP contribution in [0.1, 0.15) is 19.3 Å². The van der Waals surface area contributed by atoms with E-state index in [2.05, 4.69) is 18.5 Å². The second kappa shape index (κ2) is 4.47. The fourth-order valence-corrected chi connectivity index (χ4v) is 0.752. The molecule has 2 nitrogen and oxygen atoms in total. The molecule has 0 aromatic rings. The summed E-state index contributed by atoms with van der Waals surface area (Å²) in [5.41, 5.74) is -0.261. The Morgan fingerprint density at radius 2 is 2.00 bits per heavy atom. The predicted molar refractivity (Wildman–Crippen MR) is 44.0 cm³/mol. The van der Waals surface area contributed by atoms with Gasteiger partial charge in [-0.2, -0.15) is 0 Å². The fraction of sp³-hybridized carbons (Fsp3) is 0.750. The molecule has 0 atom stereocenters. The Hall–Kier alpha value is -0.340. The molecule has 0 radical (unpaired) electrons. The second-order valence-electron chi connectivity index (χ2n) is 2.58. The van der Waals surface area contributed by atoms with Crippen LogP contribution in [0.25, 0.3) is 0 Å². The molecule has 0 heterocycles. The molecule has 1 fully saturated rings. The van der Waals surface area contributed by atoms with Gasteiger partial charge in [-0.15, -0.1) is 13.2 Å². The first-order chi connectivity index (χ1) is 4.77. The quantitative estimate of drug-likeness (QED) is 0.576. The summed E-state index contributed by atoms with van der Waals surface area (Å²) in [5.74, 6) is 0. The summed E-state index contributed by atoms with van der Waals surface area (Å²) >= 11 is 0. The molecule has 2 heteroatoms. The van der Waals surface area contributed by atoms with Crippen LogP contribution in [-0.2, 0) is 0 Å². The highest BCUT2D eigenvalue weighted by atomic mass is 16.3. The number of nitrogens with one attached hydrogen (secondary N) is 1. The minimum atomic E-state index is -0.261. The number of hydrogen-bond acceptors (Lipinski definition) is 2. The van der Waals surface area contributed by atoms with E-state index in [-0.39, 0.29) is 5.60 Å². The zero-order valence-electron chi connectivity index (χ0n) is 6.69. The molecule has 1 rings (SSSR count). The molecule has 60 valence electrons. The summed E-state index contributed by atoms with van der Waals surface area (Å²) in [7, 11) is 1.91. The van der Waals surface area contributed by atoms with Gasteiger partial charge in [0.15, 0.2) is 0 Å². The predicted octanol–water partition coefficient (Wildman–Crippen LogP) is 0.923. The third kappa shape index (κ3) is 3.64. The Balaban J connectivity index is 0.000000371. The van der Waals surface area contributed by atoms with Gasteiger partial charge >= 0.3 is 0 Å². The Morgan fingerprint density at radius 3 is 2.30 bits per heavy atom. The fourth-order valence-electron chi connectivity index (χ4n) is 0.752. The molecule has 1 aliphatic rings. The minimum Gasteiger partial charge on any atom is -0.390 e. The number of rotatable bonds is 3. The highest BCUT2D eigenvalue weighted by Gasteiger charge is 2.39. The lowest BCUT2D eigenvalue weighted by Crippen LogP contribution is -2.17. The maximum atomic E-state index is 9.22. The first-order valence-corrected chi connectivity index (χ1v) is 3.64. The Kier molecular flexibility index (Phi) is 4.32. The van der Waals surface area contributed by atoms with Gasteiger partial charge in [-0.3, -0.25) is 0 Å². The summed E-state index contributed by atoms with van der Waals surface area (Å²) in [6.45, 7) is 6.94. The van der Waals surface area contributed by atoms with E-state index in [9.17, 15) is 5.11 Å². The monoisotopic (exact) mass is 143 g/mol. The maximum Gasteiger partial charge on any atom is 0.0662 e. The van der Waals surface area contributed by atoms with Gasteiger partial charge in [-0.25, -0.2) is 0 Å². The second-order valence-corrected chi connectivity index (χ2v) is 2.58. The molecule has 0 saturated heterocycles. The molecule has 1 aliphatic carbocycles. The molecule has 0 bridgehead atoms. The Labute approximate surface area is 62.9 Å². The van der Waals surface area contributed by atoms with E-state index in [1.54, 1.807) is 0 Å². The molecular formula is C8H17NO. The maximum absolute atomic E-state index is 9.22. The summed E-state index contributed by atoms with van der Waals surface area (Å²) in [6.07, 6.45) is 2.94. The van der Waals surface area contributed by atoms with Gasteiger partial charge in [-0.05, 0) is 32.9 Å². The molecule has 0 amide bonds. The lowest BCUT2D eigenvalue weighted by molar-refractivity contribution is 0.140. The zero-order valence-corrected chi connectivity index (χ0v) is 6.69. The first-order valence-electron chi connectivity index (χ1n) is 3.64. The number of hydrogen-bond donors (Lipinski definition) is 2. The zero-order chi connectivity index (χ0) is 8.04. The van der Waals surface area contributed by atoms with Crippen LogP contribution >= 0.6 is 0 Å². The average molecular weight is 143 g/mol. The van der Waals surface area contributed by atoms with Crippen LogP contribution in [0.5, 0.6) is 0 Å². The van der Waals surface area contributed by atoms with Gasteiger partial charge in [0.25, 0.3) is 0 Å². The standard InChI is InChI=1S/C6H13NO.C2H4/c1-7-5-4-6(8)2-3-6;1-2/h7-8H,2-5H2,1H3;1-2H2. The van der Waals surface area contributed by atoms with E-state index in [1.807, 2.05) is 7.05 Å². The van der Waals surface area contributed by atoms with Crippen molar-refractivity contribution in [2.45, 2.75) is 24.9 Å². The first kappa shape index (κ1) is 9.66. The molecule has 0 unspecified atom stereocenters. The third-order valence-corrected chi connectivity index (χ3v) is 1.67. The summed E-state index contributed by atoms with van der Waals surface area (Å²) in [5, 5.41) is 12.2. The van der Waals surface area contributed by atoms with Gasteiger partial charge in [0.1, 0.15) is 0 Å². The molecule has 0 aromatic carbocycles. The van der Waals surface area contributed by atoms with Crippen molar-refractivity contribution in [3.8, 4) is 0 Å². The molecule has 2 N–H and O–H groups in total. The molecular weight excluding hydrogens is 126 g/mol. The van der Waals surface area contributed by atoms with Gasteiger partial charge < -0.3 is 10.4 Å². The van der Waals surface area contributed by atoms with E-state index in [1.165, 1.54) is 0 Å². The van der Waals surface area contributed by atoms with E-state index >= 15 is 0 Å². The van der Waals surface area contributed by atoms with Gasteiger partial charge in [-0.1, -0.05) is 0 Å². The highest BCUT2D eigenvalue weighted by Crippen LogP contribution is 2.37. The Morgan fingerprint density at radius 1 is 1.50 bits per heavy atom. The lowest BCUT2D eigenvalue weighted by Gasteiger charge is -2.04. The SMILES string of the molecule is C=C.CNCCC1(O)CC1. The highest BCUT2D eigenvalue weighted by molar-refractivity contribution is 4.93. The molecule has 0 aromatic heterocycles. The van der Waals surface area contributed by atoms with Crippen LogP contribution in [0.3, 0.4) is 0 Å². The largest absolute Gasteiger partial charge is 0.390 e. The van der Waals surface area contributed by atoms with Crippen molar-refractivity contribution >= 4 is 0 Å². The smallest absolute Gasteiger partial charge is 0.0662 e. The van der Waals surface area contributed by atoms with Gasteiger partial charge in [0.05, 0.1) is 5.60 Å². The van der Waals surface area contributed by atoms with E-state index < -0.39 is 0 Å². The van der Waals surface area contributed by atoms with Crippen molar-refractivity contribution in [2.75, 3.05) is 13.6 Å². The topological polar surface area (TPSA) is 32.3 Å². The summed E-state index contributed by atoms with van der Waals surface area (Å²) < 4.78 is 0. The Bertz CT molecular complexity index is 89.3.